The molecule has 2 amide bonds. The van der Waals surface area contributed by atoms with Crippen molar-refractivity contribution in [3.63, 3.8) is 0 Å². The number of carbonyl (C=O) groups is 2. The molecule has 1 saturated heterocycles. The molecule has 47 heavy (non-hydrogen) atoms. The molecule has 5 rings (SSSR count). The van der Waals surface area contributed by atoms with E-state index < -0.39 is 36.2 Å². The summed E-state index contributed by atoms with van der Waals surface area (Å²) in [5, 5.41) is 21.1. The van der Waals surface area contributed by atoms with Crippen molar-refractivity contribution in [1.29, 1.82) is 0 Å². The summed E-state index contributed by atoms with van der Waals surface area (Å²) in [7, 11) is 0. The molecule has 9 nitrogen and oxygen atoms in total. The fraction of sp³-hybridized carbons (Fsp3) is 0.368. The monoisotopic (exact) mass is 641 g/mol. The SMILES string of the molecule is Cc1cccc(-c2cc([C@H](O)[C@H](C)C(=O)N3C(=O)OC[C@@H]3Cc3ccccc3)oc2CCCOCC(CO)OCc2ccccc2)c1. The van der Waals surface area contributed by atoms with E-state index in [1.165, 1.54) is 0 Å². The summed E-state index contributed by atoms with van der Waals surface area (Å²) < 4.78 is 23.1. The lowest BCUT2D eigenvalue weighted by atomic mass is 9.97. The number of hydrogen-bond acceptors (Lipinski definition) is 8. The first kappa shape index (κ1) is 34.1. The first-order chi connectivity index (χ1) is 22.8. The van der Waals surface area contributed by atoms with Crippen molar-refractivity contribution in [2.45, 2.75) is 58.0 Å². The van der Waals surface area contributed by atoms with Gasteiger partial charge >= 0.3 is 6.09 Å². The van der Waals surface area contributed by atoms with E-state index in [2.05, 4.69) is 0 Å². The third-order valence-electron chi connectivity index (χ3n) is 8.35. The van der Waals surface area contributed by atoms with Crippen molar-refractivity contribution >= 4 is 12.0 Å². The van der Waals surface area contributed by atoms with Crippen molar-refractivity contribution < 1.29 is 38.4 Å². The predicted molar refractivity (Wildman–Crippen MR) is 176 cm³/mol. The number of nitrogens with zero attached hydrogens (tertiary/aromatic N) is 1. The van der Waals surface area contributed by atoms with Gasteiger partial charge in [-0.3, -0.25) is 4.79 Å². The molecule has 1 unspecified atom stereocenters. The molecule has 0 saturated carbocycles. The predicted octanol–water partition coefficient (Wildman–Crippen LogP) is 6.04. The molecule has 248 valence electrons. The van der Waals surface area contributed by atoms with Gasteiger partial charge in [0.1, 0.15) is 30.3 Å². The van der Waals surface area contributed by atoms with Crippen LogP contribution in [0.5, 0.6) is 0 Å². The van der Waals surface area contributed by atoms with Crippen LogP contribution in [0.25, 0.3) is 11.1 Å². The zero-order valence-electron chi connectivity index (χ0n) is 26.9. The Bertz CT molecular complexity index is 1590. The molecule has 2 heterocycles. The van der Waals surface area contributed by atoms with Crippen LogP contribution in [0, 0.1) is 12.8 Å². The van der Waals surface area contributed by atoms with Gasteiger partial charge in [0.25, 0.3) is 0 Å². The van der Waals surface area contributed by atoms with Crippen molar-refractivity contribution in [1.82, 2.24) is 4.90 Å². The van der Waals surface area contributed by atoms with Crippen LogP contribution in [0.4, 0.5) is 4.79 Å². The highest BCUT2D eigenvalue weighted by molar-refractivity contribution is 5.95. The van der Waals surface area contributed by atoms with Gasteiger partial charge in [-0.05, 0) is 42.5 Å². The molecule has 1 aliphatic rings. The Balaban J connectivity index is 1.23. The number of furan rings is 1. The van der Waals surface area contributed by atoms with E-state index in [4.69, 9.17) is 18.6 Å². The second-order valence-electron chi connectivity index (χ2n) is 12.0. The highest BCUT2D eigenvalue weighted by Crippen LogP contribution is 2.35. The maximum atomic E-state index is 13.6. The molecule has 2 N–H and O–H groups in total. The van der Waals surface area contributed by atoms with Crippen LogP contribution >= 0.6 is 0 Å². The topological polar surface area (TPSA) is 119 Å². The lowest BCUT2D eigenvalue weighted by molar-refractivity contribution is -0.137. The van der Waals surface area contributed by atoms with Gasteiger partial charge in [-0.1, -0.05) is 97.4 Å². The Morgan fingerprint density at radius 3 is 2.43 bits per heavy atom. The Kier molecular flexibility index (Phi) is 12.0. The fourth-order valence-corrected chi connectivity index (χ4v) is 5.70. The number of ether oxygens (including phenoxy) is 3. The van der Waals surface area contributed by atoms with Crippen LogP contribution in [0.1, 0.15) is 47.7 Å². The quantitative estimate of drug-likeness (QED) is 0.142. The third-order valence-corrected chi connectivity index (χ3v) is 8.35. The van der Waals surface area contributed by atoms with E-state index in [9.17, 15) is 19.8 Å². The van der Waals surface area contributed by atoms with Gasteiger partial charge in [0, 0.05) is 18.6 Å². The van der Waals surface area contributed by atoms with Gasteiger partial charge in [-0.15, -0.1) is 0 Å². The number of benzene rings is 3. The second kappa shape index (κ2) is 16.5. The molecule has 3 aromatic carbocycles. The molecule has 0 spiro atoms. The molecule has 0 bridgehead atoms. The molecule has 0 radical (unpaired) electrons. The maximum absolute atomic E-state index is 13.6. The average Bonchev–Trinajstić information content (AvgIpc) is 3.69. The van der Waals surface area contributed by atoms with E-state index >= 15 is 0 Å². The van der Waals surface area contributed by atoms with E-state index in [1.54, 1.807) is 13.0 Å². The van der Waals surface area contributed by atoms with Crippen LogP contribution in [0.3, 0.4) is 0 Å². The highest BCUT2D eigenvalue weighted by atomic mass is 16.6. The number of aryl methyl sites for hydroxylation is 2. The van der Waals surface area contributed by atoms with Crippen LogP contribution in [-0.2, 0) is 38.5 Å². The summed E-state index contributed by atoms with van der Waals surface area (Å²) in [5.41, 5.74) is 4.84. The number of aliphatic hydroxyl groups is 2. The Labute approximate surface area is 275 Å². The van der Waals surface area contributed by atoms with E-state index in [1.807, 2.05) is 91.9 Å². The third kappa shape index (κ3) is 8.96. The number of cyclic esters (lactones) is 1. The highest BCUT2D eigenvalue weighted by Gasteiger charge is 2.42. The zero-order valence-corrected chi connectivity index (χ0v) is 26.9. The lowest BCUT2D eigenvalue weighted by Crippen LogP contribution is -2.44. The first-order valence-electron chi connectivity index (χ1n) is 16.1. The Hall–Kier alpha value is -4.28. The van der Waals surface area contributed by atoms with Gasteiger partial charge < -0.3 is 28.8 Å². The van der Waals surface area contributed by atoms with Crippen LogP contribution in [-0.4, -0.2) is 65.7 Å². The molecular formula is C38H43NO8. The largest absolute Gasteiger partial charge is 0.463 e. The van der Waals surface area contributed by atoms with Crippen LogP contribution in [0.15, 0.2) is 95.4 Å². The number of amides is 2. The molecule has 1 aliphatic heterocycles. The fourth-order valence-electron chi connectivity index (χ4n) is 5.70. The van der Waals surface area contributed by atoms with Gasteiger partial charge in [0.05, 0.1) is 31.8 Å². The maximum Gasteiger partial charge on any atom is 0.416 e. The van der Waals surface area contributed by atoms with Crippen molar-refractivity contribution in [3.05, 3.63) is 119 Å². The normalized spacial score (nSPS) is 16.6. The summed E-state index contributed by atoms with van der Waals surface area (Å²) in [5.74, 6) is -0.565. The van der Waals surface area contributed by atoms with Crippen molar-refractivity contribution in [3.8, 4) is 11.1 Å². The second-order valence-corrected chi connectivity index (χ2v) is 12.0. The summed E-state index contributed by atoms with van der Waals surface area (Å²) in [6.45, 7) is 4.60. The smallest absolute Gasteiger partial charge is 0.416 e. The summed E-state index contributed by atoms with van der Waals surface area (Å²) in [6.07, 6.45) is -0.830. The van der Waals surface area contributed by atoms with Gasteiger partial charge in [-0.25, -0.2) is 9.69 Å². The Morgan fingerprint density at radius 2 is 1.72 bits per heavy atom. The van der Waals surface area contributed by atoms with Crippen molar-refractivity contribution in [2.24, 2.45) is 5.92 Å². The number of rotatable bonds is 16. The van der Waals surface area contributed by atoms with Gasteiger partial charge in [-0.2, -0.15) is 0 Å². The van der Waals surface area contributed by atoms with Gasteiger partial charge in [0.15, 0.2) is 0 Å². The van der Waals surface area contributed by atoms with Crippen molar-refractivity contribution in [2.75, 3.05) is 26.4 Å². The molecule has 4 atom stereocenters. The van der Waals surface area contributed by atoms with Crippen LogP contribution < -0.4 is 0 Å². The average molecular weight is 642 g/mol. The minimum absolute atomic E-state index is 0.102. The minimum Gasteiger partial charge on any atom is -0.463 e. The number of hydrogen-bond donors (Lipinski definition) is 2. The molecule has 1 aromatic heterocycles. The minimum atomic E-state index is -1.28. The molecule has 9 heteroatoms. The summed E-state index contributed by atoms with van der Waals surface area (Å²) >= 11 is 0. The van der Waals surface area contributed by atoms with E-state index in [-0.39, 0.29) is 25.6 Å². The standard InChI is InChI=1S/C38H43NO8/c1-26-11-9-16-30(19-26)33-21-35(47-34(33)17-10-18-44-25-32(22-40)45-23-29-14-7-4-8-15-29)36(41)27(2)37(42)39-31(24-46-38(39)43)20-28-12-5-3-6-13-28/h3-9,11-16,19,21,27,31-32,36,40-41H,10,17-18,20,22-25H2,1-2H3/t27-,31-,32?,36+/m0/s1. The number of imide groups is 1. The number of aliphatic hydroxyl groups excluding tert-OH is 2. The first-order valence-corrected chi connectivity index (χ1v) is 16.1. The molecule has 1 fully saturated rings. The van der Waals surface area contributed by atoms with Gasteiger partial charge in [0.2, 0.25) is 5.91 Å². The molecule has 0 aliphatic carbocycles. The lowest BCUT2D eigenvalue weighted by Gasteiger charge is -2.25. The van der Waals surface area contributed by atoms with E-state index in [0.717, 1.165) is 32.7 Å². The summed E-state index contributed by atoms with van der Waals surface area (Å²) in [4.78, 5) is 27.4. The Morgan fingerprint density at radius 1 is 1.00 bits per heavy atom. The van der Waals surface area contributed by atoms with Crippen LogP contribution in [0.2, 0.25) is 0 Å². The molecule has 4 aromatic rings. The van der Waals surface area contributed by atoms with E-state index in [0.29, 0.717) is 38.2 Å². The number of carbonyl (C=O) groups excluding carboxylic acids is 2. The zero-order chi connectivity index (χ0) is 33.2. The molecular weight excluding hydrogens is 598 g/mol. The summed E-state index contributed by atoms with van der Waals surface area (Å²) in [6, 6.07) is 28.7.